The molecule has 0 aromatic carbocycles. The lowest BCUT2D eigenvalue weighted by atomic mass is 10.3. The van der Waals surface area contributed by atoms with Crippen molar-refractivity contribution in [2.45, 2.75) is 19.6 Å². The highest BCUT2D eigenvalue weighted by molar-refractivity contribution is 14.0. The number of nitrogens with zero attached hydrogens (tertiary/aromatic N) is 3. The molecule has 2 aromatic heterocycles. The minimum atomic E-state index is -0.645. The molecule has 3 N–H and O–H groups in total. The minimum absolute atomic E-state index is 0. The van der Waals surface area contributed by atoms with Crippen molar-refractivity contribution in [2.75, 3.05) is 13.6 Å². The van der Waals surface area contributed by atoms with Gasteiger partial charge in [0.25, 0.3) is 0 Å². The highest BCUT2D eigenvalue weighted by Crippen LogP contribution is 2.26. The molecule has 0 bridgehead atoms. The van der Waals surface area contributed by atoms with E-state index in [1.807, 2.05) is 0 Å². The van der Waals surface area contributed by atoms with Crippen molar-refractivity contribution < 1.29 is 9.63 Å². The molecule has 0 aliphatic heterocycles. The third kappa shape index (κ3) is 5.71. The maximum atomic E-state index is 10.0. The number of guanidine groups is 1. The van der Waals surface area contributed by atoms with Crippen molar-refractivity contribution in [1.29, 1.82) is 0 Å². The van der Waals surface area contributed by atoms with Crippen LogP contribution < -0.4 is 10.6 Å². The van der Waals surface area contributed by atoms with Gasteiger partial charge in [-0.15, -0.1) is 35.3 Å². The summed E-state index contributed by atoms with van der Waals surface area (Å²) in [5.41, 5.74) is 0. The molecule has 1 unspecified atom stereocenters. The number of halogens is 2. The zero-order chi connectivity index (χ0) is 15.2. The number of rotatable bonds is 5. The fourth-order valence-electron chi connectivity index (χ4n) is 1.60. The Morgan fingerprint density at radius 2 is 2.27 bits per heavy atom. The Morgan fingerprint density at radius 1 is 1.50 bits per heavy atom. The second kappa shape index (κ2) is 9.28. The first-order valence-corrected chi connectivity index (χ1v) is 7.45. The number of aliphatic imine (C=N–C) groups is 1. The molecular weight excluding hydrogens is 441 g/mol. The van der Waals surface area contributed by atoms with Crippen LogP contribution in [0.15, 0.2) is 21.6 Å². The van der Waals surface area contributed by atoms with Crippen LogP contribution in [-0.4, -0.2) is 34.8 Å². The highest BCUT2D eigenvalue weighted by atomic mass is 127. The van der Waals surface area contributed by atoms with Crippen LogP contribution in [0.4, 0.5) is 0 Å². The van der Waals surface area contributed by atoms with E-state index < -0.39 is 6.10 Å². The Kier molecular flexibility index (Phi) is 8.07. The van der Waals surface area contributed by atoms with Crippen molar-refractivity contribution in [3.63, 3.8) is 0 Å². The first-order chi connectivity index (χ1) is 10.1. The number of aliphatic hydroxyl groups is 1. The van der Waals surface area contributed by atoms with Gasteiger partial charge in [0.05, 0.1) is 10.9 Å². The molecule has 10 heteroatoms. The maximum Gasteiger partial charge on any atom is 0.223 e. The molecule has 2 heterocycles. The summed E-state index contributed by atoms with van der Waals surface area (Å²) in [4.78, 5) is 8.93. The predicted octanol–water partition coefficient (Wildman–Crippen LogP) is 2.11. The normalized spacial score (nSPS) is 12.6. The van der Waals surface area contributed by atoms with Crippen LogP contribution in [0, 0.1) is 6.92 Å². The van der Waals surface area contributed by atoms with Crippen LogP contribution in [0.5, 0.6) is 0 Å². The first-order valence-electron chi connectivity index (χ1n) is 6.25. The number of nitrogens with one attached hydrogen (secondary N) is 2. The Balaban J connectivity index is 0.00000242. The molecule has 1 atom stereocenters. The van der Waals surface area contributed by atoms with Crippen LogP contribution in [0.25, 0.3) is 0 Å². The lowest BCUT2D eigenvalue weighted by Crippen LogP contribution is -2.39. The largest absolute Gasteiger partial charge is 0.386 e. The van der Waals surface area contributed by atoms with E-state index >= 15 is 0 Å². The van der Waals surface area contributed by atoms with Crippen molar-refractivity contribution in [3.8, 4) is 0 Å². The van der Waals surface area contributed by atoms with Crippen molar-refractivity contribution in [1.82, 2.24) is 20.8 Å². The Hall–Kier alpha value is -0.910. The molecule has 22 heavy (non-hydrogen) atoms. The van der Waals surface area contributed by atoms with Crippen molar-refractivity contribution in [2.24, 2.45) is 4.99 Å². The van der Waals surface area contributed by atoms with Crippen LogP contribution >= 0.6 is 46.9 Å². The molecule has 122 valence electrons. The van der Waals surface area contributed by atoms with Crippen LogP contribution in [0.2, 0.25) is 4.34 Å². The quantitative estimate of drug-likeness (QED) is 0.362. The number of hydrogen-bond donors (Lipinski definition) is 3. The van der Waals surface area contributed by atoms with Gasteiger partial charge >= 0.3 is 0 Å². The number of thiophene rings is 1. The van der Waals surface area contributed by atoms with E-state index in [-0.39, 0.29) is 24.0 Å². The molecule has 0 spiro atoms. The molecule has 0 amide bonds. The Morgan fingerprint density at radius 3 is 2.82 bits per heavy atom. The van der Waals surface area contributed by atoms with E-state index in [2.05, 4.69) is 25.8 Å². The molecule has 2 aromatic rings. The molecular formula is C12H17ClIN5O2S. The van der Waals surface area contributed by atoms with Crippen molar-refractivity contribution >= 4 is 52.9 Å². The van der Waals surface area contributed by atoms with Gasteiger partial charge in [0, 0.05) is 25.4 Å². The Bertz CT molecular complexity index is 618. The SMILES string of the molecule is CN=C(NCc1noc(C)n1)NCC(O)c1ccc(Cl)s1.I. The minimum Gasteiger partial charge on any atom is -0.386 e. The number of aryl methyl sites for hydroxylation is 1. The maximum absolute atomic E-state index is 10.0. The summed E-state index contributed by atoms with van der Waals surface area (Å²) >= 11 is 7.19. The van der Waals surface area contributed by atoms with Gasteiger partial charge in [-0.1, -0.05) is 16.8 Å². The van der Waals surface area contributed by atoms with Gasteiger partial charge in [-0.05, 0) is 12.1 Å². The molecule has 0 saturated carbocycles. The van der Waals surface area contributed by atoms with Gasteiger partial charge < -0.3 is 20.3 Å². The van der Waals surface area contributed by atoms with Gasteiger partial charge in [0.2, 0.25) is 5.89 Å². The third-order valence-corrected chi connectivity index (χ3v) is 3.92. The van der Waals surface area contributed by atoms with Gasteiger partial charge in [0.15, 0.2) is 11.8 Å². The molecule has 0 aliphatic carbocycles. The molecule has 0 saturated heterocycles. The molecule has 0 aliphatic rings. The zero-order valence-corrected chi connectivity index (χ0v) is 15.9. The van der Waals surface area contributed by atoms with Crippen molar-refractivity contribution in [3.05, 3.63) is 33.1 Å². The average Bonchev–Trinajstić information content (AvgIpc) is 3.07. The number of aliphatic hydroxyl groups excluding tert-OH is 1. The topological polar surface area (TPSA) is 95.6 Å². The standard InChI is InChI=1S/C12H16ClN5O2S.HI/c1-7-17-11(18-20-7)6-16-12(14-2)15-5-8(19)9-3-4-10(13)21-9;/h3-4,8,19H,5-6H2,1-2H3,(H2,14,15,16);1H. The first kappa shape index (κ1) is 19.1. The lowest BCUT2D eigenvalue weighted by molar-refractivity contribution is 0.184. The van der Waals surface area contributed by atoms with E-state index in [0.717, 1.165) is 4.88 Å². The molecule has 0 fully saturated rings. The summed E-state index contributed by atoms with van der Waals surface area (Å²) in [7, 11) is 1.64. The molecule has 2 rings (SSSR count). The highest BCUT2D eigenvalue weighted by Gasteiger charge is 2.11. The second-order valence-corrected chi connectivity index (χ2v) is 5.94. The zero-order valence-electron chi connectivity index (χ0n) is 12.0. The van der Waals surface area contributed by atoms with E-state index in [0.29, 0.717) is 35.1 Å². The van der Waals surface area contributed by atoms with Crippen LogP contribution in [0.3, 0.4) is 0 Å². The number of aromatic nitrogens is 2. The van der Waals surface area contributed by atoms with Gasteiger partial charge in [-0.2, -0.15) is 4.98 Å². The summed E-state index contributed by atoms with van der Waals surface area (Å²) < 4.78 is 5.53. The summed E-state index contributed by atoms with van der Waals surface area (Å²) in [6.07, 6.45) is -0.645. The summed E-state index contributed by atoms with van der Waals surface area (Å²) in [6.45, 7) is 2.44. The number of hydrogen-bond acceptors (Lipinski definition) is 6. The monoisotopic (exact) mass is 457 g/mol. The van der Waals surface area contributed by atoms with E-state index in [1.54, 1.807) is 26.1 Å². The van der Waals surface area contributed by atoms with Gasteiger partial charge in [-0.3, -0.25) is 4.99 Å². The average molecular weight is 458 g/mol. The van der Waals surface area contributed by atoms with Gasteiger partial charge in [0.1, 0.15) is 6.10 Å². The van der Waals surface area contributed by atoms with Crippen LogP contribution in [0.1, 0.15) is 22.7 Å². The van der Waals surface area contributed by atoms with E-state index in [4.69, 9.17) is 16.1 Å². The third-order valence-electron chi connectivity index (χ3n) is 2.59. The van der Waals surface area contributed by atoms with Crippen LogP contribution in [-0.2, 0) is 6.54 Å². The molecule has 7 nitrogen and oxygen atoms in total. The Labute approximate surface area is 154 Å². The fraction of sp³-hybridized carbons (Fsp3) is 0.417. The predicted molar refractivity (Wildman–Crippen MR) is 96.9 cm³/mol. The van der Waals surface area contributed by atoms with Gasteiger partial charge in [-0.25, -0.2) is 0 Å². The van der Waals surface area contributed by atoms with E-state index in [1.165, 1.54) is 11.3 Å². The van der Waals surface area contributed by atoms with E-state index in [9.17, 15) is 5.11 Å². The lowest BCUT2D eigenvalue weighted by Gasteiger charge is -2.13. The fourth-order valence-corrected chi connectivity index (χ4v) is 2.64. The second-order valence-electron chi connectivity index (χ2n) is 4.19. The summed E-state index contributed by atoms with van der Waals surface area (Å²) in [5.74, 6) is 1.60. The smallest absolute Gasteiger partial charge is 0.223 e. The molecule has 0 radical (unpaired) electrons. The summed E-state index contributed by atoms with van der Waals surface area (Å²) in [5, 5.41) is 19.9. The summed E-state index contributed by atoms with van der Waals surface area (Å²) in [6, 6.07) is 3.56.